The molecule has 3 rings (SSSR count). The van der Waals surface area contributed by atoms with Crippen molar-refractivity contribution in [1.29, 1.82) is 0 Å². The molecule has 0 unspecified atom stereocenters. The van der Waals surface area contributed by atoms with Gasteiger partial charge in [0.15, 0.2) is 0 Å². The van der Waals surface area contributed by atoms with Gasteiger partial charge in [-0.3, -0.25) is 13.9 Å². The number of fused-ring (bicyclic) bond motifs is 1. The quantitative estimate of drug-likeness (QED) is 0.848. The minimum atomic E-state index is -0.0423. The SMILES string of the molecule is CC(C)CC(=O)Nc1cc2c(cc1SC1CCCCC1)n(C)c(=O)n2C. The van der Waals surface area contributed by atoms with Gasteiger partial charge in [-0.2, -0.15) is 0 Å². The van der Waals surface area contributed by atoms with E-state index in [1.165, 1.54) is 32.1 Å². The molecule has 142 valence electrons. The molecule has 1 heterocycles. The van der Waals surface area contributed by atoms with Crippen molar-refractivity contribution in [2.24, 2.45) is 20.0 Å². The number of imidazole rings is 1. The van der Waals surface area contributed by atoms with Crippen LogP contribution in [0.4, 0.5) is 5.69 Å². The van der Waals surface area contributed by atoms with Crippen LogP contribution in [-0.4, -0.2) is 20.3 Å². The van der Waals surface area contributed by atoms with Crippen molar-refractivity contribution >= 4 is 34.4 Å². The fraction of sp³-hybridized carbons (Fsp3) is 0.600. The Morgan fingerprint density at radius 2 is 1.77 bits per heavy atom. The monoisotopic (exact) mass is 375 g/mol. The molecule has 26 heavy (non-hydrogen) atoms. The van der Waals surface area contributed by atoms with Gasteiger partial charge in [-0.25, -0.2) is 4.79 Å². The van der Waals surface area contributed by atoms with E-state index in [1.807, 2.05) is 31.7 Å². The zero-order valence-corrected chi connectivity index (χ0v) is 17.0. The van der Waals surface area contributed by atoms with Crippen LogP contribution in [0.1, 0.15) is 52.4 Å². The third-order valence-electron chi connectivity index (χ3n) is 5.09. The van der Waals surface area contributed by atoms with Gasteiger partial charge in [0.1, 0.15) is 0 Å². The smallest absolute Gasteiger partial charge is 0.325 e. The molecule has 0 bridgehead atoms. The van der Waals surface area contributed by atoms with Gasteiger partial charge in [0.05, 0.1) is 16.7 Å². The lowest BCUT2D eigenvalue weighted by Crippen LogP contribution is -2.19. The van der Waals surface area contributed by atoms with Gasteiger partial charge in [-0.1, -0.05) is 33.1 Å². The second kappa shape index (κ2) is 7.91. The van der Waals surface area contributed by atoms with Crippen molar-refractivity contribution in [3.63, 3.8) is 0 Å². The van der Waals surface area contributed by atoms with E-state index < -0.39 is 0 Å². The summed E-state index contributed by atoms with van der Waals surface area (Å²) in [6.07, 6.45) is 6.81. The Kier molecular flexibility index (Phi) is 5.80. The first-order valence-corrected chi connectivity index (χ1v) is 10.4. The fourth-order valence-corrected chi connectivity index (χ4v) is 5.00. The summed E-state index contributed by atoms with van der Waals surface area (Å²) in [5.74, 6) is 0.347. The van der Waals surface area contributed by atoms with E-state index in [-0.39, 0.29) is 11.6 Å². The highest BCUT2D eigenvalue weighted by Crippen LogP contribution is 2.39. The molecule has 0 aliphatic heterocycles. The molecule has 0 radical (unpaired) electrons. The van der Waals surface area contributed by atoms with Crippen molar-refractivity contribution < 1.29 is 4.79 Å². The maximum absolute atomic E-state index is 12.4. The van der Waals surface area contributed by atoms with E-state index in [2.05, 4.69) is 11.4 Å². The van der Waals surface area contributed by atoms with Crippen molar-refractivity contribution in [1.82, 2.24) is 9.13 Å². The molecule has 0 saturated heterocycles. The molecule has 0 spiro atoms. The average Bonchev–Trinajstić information content (AvgIpc) is 2.80. The highest BCUT2D eigenvalue weighted by Gasteiger charge is 2.20. The lowest BCUT2D eigenvalue weighted by molar-refractivity contribution is -0.116. The predicted molar refractivity (Wildman–Crippen MR) is 109 cm³/mol. The molecule has 2 aromatic rings. The van der Waals surface area contributed by atoms with Crippen LogP contribution in [-0.2, 0) is 18.9 Å². The molecule has 6 heteroatoms. The van der Waals surface area contributed by atoms with Gasteiger partial charge in [0.2, 0.25) is 5.91 Å². The van der Waals surface area contributed by atoms with E-state index in [4.69, 9.17) is 0 Å². The van der Waals surface area contributed by atoms with Gasteiger partial charge < -0.3 is 5.32 Å². The highest BCUT2D eigenvalue weighted by molar-refractivity contribution is 8.00. The number of thioether (sulfide) groups is 1. The van der Waals surface area contributed by atoms with Gasteiger partial charge in [-0.15, -0.1) is 11.8 Å². The van der Waals surface area contributed by atoms with Crippen molar-refractivity contribution in [3.05, 3.63) is 22.6 Å². The second-order valence-electron chi connectivity index (χ2n) is 7.76. The van der Waals surface area contributed by atoms with Crippen LogP contribution in [0.5, 0.6) is 0 Å². The van der Waals surface area contributed by atoms with Crippen LogP contribution in [0.15, 0.2) is 21.8 Å². The average molecular weight is 376 g/mol. The number of nitrogens with zero attached hydrogens (tertiary/aromatic N) is 2. The van der Waals surface area contributed by atoms with E-state index in [1.54, 1.807) is 23.2 Å². The number of benzene rings is 1. The third kappa shape index (κ3) is 4.00. The standard InChI is InChI=1S/C20H29N3O2S/c1-13(2)10-19(24)21-15-11-16-17(23(4)20(25)22(16)3)12-18(15)26-14-8-6-5-7-9-14/h11-14H,5-10H2,1-4H3,(H,21,24). The number of hydrogen-bond acceptors (Lipinski definition) is 3. The molecule has 1 saturated carbocycles. The lowest BCUT2D eigenvalue weighted by Gasteiger charge is -2.22. The molecule has 1 amide bonds. The van der Waals surface area contributed by atoms with Crippen LogP contribution in [0.25, 0.3) is 11.0 Å². The first-order chi connectivity index (χ1) is 12.4. The largest absolute Gasteiger partial charge is 0.328 e. The van der Waals surface area contributed by atoms with E-state index >= 15 is 0 Å². The zero-order valence-electron chi connectivity index (χ0n) is 16.2. The number of anilines is 1. The number of rotatable bonds is 5. The zero-order chi connectivity index (χ0) is 18.8. The molecular formula is C20H29N3O2S. The summed E-state index contributed by atoms with van der Waals surface area (Å²) < 4.78 is 3.32. The van der Waals surface area contributed by atoms with Gasteiger partial charge in [0.25, 0.3) is 0 Å². The molecule has 1 fully saturated rings. The number of carbonyl (C=O) groups excluding carboxylic acids is 1. The Bertz CT molecular complexity index is 860. The summed E-state index contributed by atoms with van der Waals surface area (Å²) in [5.41, 5.74) is 2.56. The number of aromatic nitrogens is 2. The Labute approximate surface area is 159 Å². The van der Waals surface area contributed by atoms with E-state index in [9.17, 15) is 9.59 Å². The summed E-state index contributed by atoms with van der Waals surface area (Å²) in [4.78, 5) is 25.7. The topological polar surface area (TPSA) is 56.0 Å². The molecule has 0 atom stereocenters. The molecule has 1 N–H and O–H groups in total. The van der Waals surface area contributed by atoms with E-state index in [0.717, 1.165) is 21.6 Å². The van der Waals surface area contributed by atoms with Crippen LogP contribution in [0.2, 0.25) is 0 Å². The Balaban J connectivity index is 2.00. The van der Waals surface area contributed by atoms with Crippen LogP contribution in [0.3, 0.4) is 0 Å². The predicted octanol–water partition coefficient (Wildman–Crippen LogP) is 4.29. The molecule has 1 aromatic carbocycles. The summed E-state index contributed by atoms with van der Waals surface area (Å²) in [6, 6.07) is 4.03. The van der Waals surface area contributed by atoms with Crippen molar-refractivity contribution in [2.75, 3.05) is 5.32 Å². The van der Waals surface area contributed by atoms with Gasteiger partial charge in [-0.05, 0) is 30.9 Å². The number of amides is 1. The van der Waals surface area contributed by atoms with Crippen LogP contribution in [0, 0.1) is 5.92 Å². The first-order valence-electron chi connectivity index (χ1n) is 9.52. The molecule has 5 nitrogen and oxygen atoms in total. The van der Waals surface area contributed by atoms with Crippen molar-refractivity contribution in [3.8, 4) is 0 Å². The molecule has 1 aliphatic rings. The molecule has 1 aliphatic carbocycles. The maximum Gasteiger partial charge on any atom is 0.328 e. The summed E-state index contributed by atoms with van der Waals surface area (Å²) >= 11 is 1.85. The Morgan fingerprint density at radius 1 is 1.15 bits per heavy atom. The van der Waals surface area contributed by atoms with Gasteiger partial charge in [0, 0.05) is 30.7 Å². The highest BCUT2D eigenvalue weighted by atomic mass is 32.2. The molecular weight excluding hydrogens is 346 g/mol. The second-order valence-corrected chi connectivity index (χ2v) is 9.10. The number of nitrogens with one attached hydrogen (secondary N) is 1. The minimum Gasteiger partial charge on any atom is -0.325 e. The van der Waals surface area contributed by atoms with Crippen molar-refractivity contribution in [2.45, 2.75) is 62.5 Å². The Hall–Kier alpha value is -1.69. The summed E-state index contributed by atoms with van der Waals surface area (Å²) in [6.45, 7) is 4.09. The first kappa shape index (κ1) is 19.1. The van der Waals surface area contributed by atoms with Crippen LogP contribution >= 0.6 is 11.8 Å². The number of carbonyl (C=O) groups is 1. The third-order valence-corrected chi connectivity index (χ3v) is 6.48. The summed E-state index contributed by atoms with van der Waals surface area (Å²) in [7, 11) is 3.58. The fourth-order valence-electron chi connectivity index (χ4n) is 3.66. The maximum atomic E-state index is 12.4. The minimum absolute atomic E-state index is 0.0331. The Morgan fingerprint density at radius 3 is 2.38 bits per heavy atom. The normalized spacial score (nSPS) is 15.7. The number of hydrogen-bond donors (Lipinski definition) is 1. The number of aryl methyl sites for hydroxylation is 2. The lowest BCUT2D eigenvalue weighted by atomic mass is 10.0. The van der Waals surface area contributed by atoms with E-state index in [0.29, 0.717) is 17.6 Å². The van der Waals surface area contributed by atoms with Crippen LogP contribution < -0.4 is 11.0 Å². The molecule has 1 aromatic heterocycles. The summed E-state index contributed by atoms with van der Waals surface area (Å²) in [5, 5.41) is 3.68. The van der Waals surface area contributed by atoms with Gasteiger partial charge >= 0.3 is 5.69 Å².